The fourth-order valence-corrected chi connectivity index (χ4v) is 2.33. The summed E-state index contributed by atoms with van der Waals surface area (Å²) >= 11 is 0. The van der Waals surface area contributed by atoms with Gasteiger partial charge in [0.2, 0.25) is 0 Å². The first-order valence-electron chi connectivity index (χ1n) is 6.72. The zero-order chi connectivity index (χ0) is 13.0. The second kappa shape index (κ2) is 5.88. The van der Waals surface area contributed by atoms with Crippen LogP contribution in [0.3, 0.4) is 0 Å². The summed E-state index contributed by atoms with van der Waals surface area (Å²) < 4.78 is 0. The van der Waals surface area contributed by atoms with Gasteiger partial charge < -0.3 is 10.2 Å². The molecule has 0 radical (unpaired) electrons. The highest BCUT2D eigenvalue weighted by atomic mass is 15.1. The van der Waals surface area contributed by atoms with Crippen LogP contribution in [-0.4, -0.2) is 19.6 Å². The van der Waals surface area contributed by atoms with Crippen molar-refractivity contribution in [3.8, 4) is 6.07 Å². The van der Waals surface area contributed by atoms with Crippen LogP contribution in [0.4, 0.5) is 5.69 Å². The summed E-state index contributed by atoms with van der Waals surface area (Å²) in [6.45, 7) is 3.87. The molecule has 1 aromatic carbocycles. The highest BCUT2D eigenvalue weighted by molar-refractivity contribution is 5.60. The average Bonchev–Trinajstić information content (AvgIpc) is 2.33. The maximum atomic E-state index is 9.29. The fraction of sp³-hybridized carbons (Fsp3) is 0.533. The van der Waals surface area contributed by atoms with Gasteiger partial charge in [0.1, 0.15) is 6.07 Å². The lowest BCUT2D eigenvalue weighted by Gasteiger charge is -2.36. The van der Waals surface area contributed by atoms with E-state index in [2.05, 4.69) is 42.4 Å². The van der Waals surface area contributed by atoms with Crippen LogP contribution in [0.5, 0.6) is 0 Å². The van der Waals surface area contributed by atoms with Gasteiger partial charge in [-0.1, -0.05) is 13.0 Å². The molecule has 0 saturated heterocycles. The zero-order valence-electron chi connectivity index (χ0n) is 11.2. The molecule has 0 spiro atoms. The first kappa shape index (κ1) is 12.9. The van der Waals surface area contributed by atoms with Crippen molar-refractivity contribution in [1.82, 2.24) is 5.32 Å². The molecule has 1 fully saturated rings. The predicted molar refractivity (Wildman–Crippen MR) is 74.6 cm³/mol. The van der Waals surface area contributed by atoms with Gasteiger partial charge in [0.15, 0.2) is 0 Å². The SMILES string of the molecule is CCNCc1ccc(N(C)C2CCC2)c(C#N)c1. The van der Waals surface area contributed by atoms with Crippen LogP contribution < -0.4 is 10.2 Å². The van der Waals surface area contributed by atoms with E-state index in [0.29, 0.717) is 6.04 Å². The van der Waals surface area contributed by atoms with Crippen LogP contribution >= 0.6 is 0 Å². The van der Waals surface area contributed by atoms with Crippen LogP contribution in [0.25, 0.3) is 0 Å². The summed E-state index contributed by atoms with van der Waals surface area (Å²) in [5.74, 6) is 0. The van der Waals surface area contributed by atoms with Crippen LogP contribution in [-0.2, 0) is 6.54 Å². The maximum Gasteiger partial charge on any atom is 0.101 e. The Morgan fingerprint density at radius 2 is 2.22 bits per heavy atom. The molecule has 1 aliphatic carbocycles. The van der Waals surface area contributed by atoms with Gasteiger partial charge in [-0.15, -0.1) is 0 Å². The number of nitrogens with one attached hydrogen (secondary N) is 1. The molecule has 0 atom stereocenters. The molecule has 0 aliphatic heterocycles. The quantitative estimate of drug-likeness (QED) is 0.864. The summed E-state index contributed by atoms with van der Waals surface area (Å²) in [4.78, 5) is 2.26. The lowest BCUT2D eigenvalue weighted by Crippen LogP contribution is -2.37. The highest BCUT2D eigenvalue weighted by Crippen LogP contribution is 2.30. The summed E-state index contributed by atoms with van der Waals surface area (Å²) in [5, 5.41) is 12.6. The van der Waals surface area contributed by atoms with Gasteiger partial charge in [0.25, 0.3) is 0 Å². The van der Waals surface area contributed by atoms with Gasteiger partial charge in [-0.05, 0) is 43.5 Å². The summed E-state index contributed by atoms with van der Waals surface area (Å²) in [6, 6.07) is 9.16. The monoisotopic (exact) mass is 243 g/mol. The maximum absolute atomic E-state index is 9.29. The number of benzene rings is 1. The normalized spacial score (nSPS) is 14.9. The molecule has 1 saturated carbocycles. The number of hydrogen-bond donors (Lipinski definition) is 1. The Bertz CT molecular complexity index is 444. The van der Waals surface area contributed by atoms with E-state index in [1.54, 1.807) is 0 Å². The molecule has 0 heterocycles. The molecular formula is C15H21N3. The minimum atomic E-state index is 0.622. The Labute approximate surface area is 109 Å². The Morgan fingerprint density at radius 1 is 1.44 bits per heavy atom. The molecule has 3 heteroatoms. The van der Waals surface area contributed by atoms with E-state index in [0.717, 1.165) is 24.3 Å². The van der Waals surface area contributed by atoms with E-state index in [9.17, 15) is 5.26 Å². The van der Waals surface area contributed by atoms with Crippen molar-refractivity contribution in [3.05, 3.63) is 29.3 Å². The van der Waals surface area contributed by atoms with Crippen LogP contribution in [0.15, 0.2) is 18.2 Å². The summed E-state index contributed by atoms with van der Waals surface area (Å²) in [5.41, 5.74) is 3.04. The van der Waals surface area contributed by atoms with E-state index in [1.807, 2.05) is 6.07 Å². The average molecular weight is 243 g/mol. The van der Waals surface area contributed by atoms with Gasteiger partial charge in [0, 0.05) is 19.6 Å². The van der Waals surface area contributed by atoms with Crippen molar-refractivity contribution >= 4 is 5.69 Å². The van der Waals surface area contributed by atoms with Crippen molar-refractivity contribution in [3.63, 3.8) is 0 Å². The lowest BCUT2D eigenvalue weighted by molar-refractivity contribution is 0.401. The molecule has 0 amide bonds. The van der Waals surface area contributed by atoms with Crippen LogP contribution in [0.2, 0.25) is 0 Å². The molecule has 0 unspecified atom stereocenters. The Morgan fingerprint density at radius 3 is 2.78 bits per heavy atom. The first-order valence-corrected chi connectivity index (χ1v) is 6.72. The van der Waals surface area contributed by atoms with Crippen LogP contribution in [0, 0.1) is 11.3 Å². The third-order valence-corrected chi connectivity index (χ3v) is 3.76. The second-order valence-electron chi connectivity index (χ2n) is 4.94. The van der Waals surface area contributed by atoms with Gasteiger partial charge in [0.05, 0.1) is 11.3 Å². The van der Waals surface area contributed by atoms with Gasteiger partial charge >= 0.3 is 0 Å². The molecule has 1 N–H and O–H groups in total. The Balaban J connectivity index is 2.17. The standard InChI is InChI=1S/C15H21N3/c1-3-17-11-12-7-8-15(13(9-12)10-16)18(2)14-5-4-6-14/h7-9,14,17H,3-6,11H2,1-2H3. The number of nitrogens with zero attached hydrogens (tertiary/aromatic N) is 2. The zero-order valence-corrected chi connectivity index (χ0v) is 11.2. The van der Waals surface area contributed by atoms with E-state index >= 15 is 0 Å². The minimum absolute atomic E-state index is 0.622. The van der Waals surface area contributed by atoms with Gasteiger partial charge in [-0.3, -0.25) is 0 Å². The lowest BCUT2D eigenvalue weighted by atomic mass is 9.91. The van der Waals surface area contributed by atoms with Gasteiger partial charge in [-0.2, -0.15) is 5.26 Å². The smallest absolute Gasteiger partial charge is 0.101 e. The third-order valence-electron chi connectivity index (χ3n) is 3.76. The highest BCUT2D eigenvalue weighted by Gasteiger charge is 2.23. The van der Waals surface area contributed by atoms with Crippen molar-refractivity contribution < 1.29 is 0 Å². The van der Waals surface area contributed by atoms with Crippen molar-refractivity contribution in [2.45, 2.75) is 38.8 Å². The minimum Gasteiger partial charge on any atom is -0.371 e. The molecule has 96 valence electrons. The van der Waals surface area contributed by atoms with E-state index in [-0.39, 0.29) is 0 Å². The number of rotatable bonds is 5. The summed E-state index contributed by atoms with van der Waals surface area (Å²) in [7, 11) is 2.10. The Kier molecular flexibility index (Phi) is 4.22. The van der Waals surface area contributed by atoms with Gasteiger partial charge in [-0.25, -0.2) is 0 Å². The second-order valence-corrected chi connectivity index (χ2v) is 4.94. The molecule has 0 aromatic heterocycles. The number of anilines is 1. The molecule has 1 aromatic rings. The van der Waals surface area contributed by atoms with Crippen molar-refractivity contribution in [2.24, 2.45) is 0 Å². The van der Waals surface area contributed by atoms with E-state index in [1.165, 1.54) is 24.8 Å². The largest absolute Gasteiger partial charge is 0.371 e. The topological polar surface area (TPSA) is 39.1 Å². The number of hydrogen-bond acceptors (Lipinski definition) is 3. The van der Waals surface area contributed by atoms with Crippen LogP contribution in [0.1, 0.15) is 37.3 Å². The molecular weight excluding hydrogens is 222 g/mol. The molecule has 1 aliphatic rings. The number of nitriles is 1. The molecule has 3 nitrogen and oxygen atoms in total. The first-order chi connectivity index (χ1) is 8.76. The predicted octanol–water partition coefficient (Wildman–Crippen LogP) is 2.66. The third kappa shape index (κ3) is 2.65. The molecule has 18 heavy (non-hydrogen) atoms. The van der Waals surface area contributed by atoms with E-state index in [4.69, 9.17) is 0 Å². The fourth-order valence-electron chi connectivity index (χ4n) is 2.33. The summed E-state index contributed by atoms with van der Waals surface area (Å²) in [6.07, 6.45) is 3.82. The van der Waals surface area contributed by atoms with E-state index < -0.39 is 0 Å². The van der Waals surface area contributed by atoms with Crippen molar-refractivity contribution in [1.29, 1.82) is 5.26 Å². The Hall–Kier alpha value is -1.53. The van der Waals surface area contributed by atoms with Crippen molar-refractivity contribution in [2.75, 3.05) is 18.5 Å². The molecule has 2 rings (SSSR count). The molecule has 0 bridgehead atoms.